The SMILES string of the molecule is CC(C)NC(=C[N+](=O)[O-])NCCNc1nonc1C(=NO)Nc1ccc(F)c(Br)c1. The van der Waals surface area contributed by atoms with Gasteiger partial charge in [-0.1, -0.05) is 5.16 Å². The Bertz CT molecular complexity index is 934. The number of benzene rings is 1. The molecule has 1 aromatic carbocycles. The van der Waals surface area contributed by atoms with E-state index in [2.05, 4.69) is 52.7 Å². The summed E-state index contributed by atoms with van der Waals surface area (Å²) in [7, 11) is 0. The molecule has 2 rings (SSSR count). The third kappa shape index (κ3) is 6.88. The molecule has 0 saturated carbocycles. The van der Waals surface area contributed by atoms with E-state index in [4.69, 9.17) is 4.63 Å². The van der Waals surface area contributed by atoms with Gasteiger partial charge in [0.1, 0.15) is 5.82 Å². The molecular formula is C16H20BrFN8O4. The summed E-state index contributed by atoms with van der Waals surface area (Å²) in [5.74, 6) is -0.0922. The van der Waals surface area contributed by atoms with Crippen LogP contribution < -0.4 is 21.3 Å². The van der Waals surface area contributed by atoms with Crippen LogP contribution in [0, 0.1) is 15.9 Å². The van der Waals surface area contributed by atoms with E-state index in [1.165, 1.54) is 18.2 Å². The van der Waals surface area contributed by atoms with Crippen LogP contribution in [0.25, 0.3) is 0 Å². The van der Waals surface area contributed by atoms with Crippen molar-refractivity contribution in [2.75, 3.05) is 23.7 Å². The molecule has 0 atom stereocenters. The molecule has 1 aromatic heterocycles. The van der Waals surface area contributed by atoms with E-state index in [0.717, 1.165) is 6.20 Å². The Morgan fingerprint density at radius 3 is 2.83 bits per heavy atom. The Labute approximate surface area is 178 Å². The number of anilines is 2. The fourth-order valence-electron chi connectivity index (χ4n) is 2.23. The van der Waals surface area contributed by atoms with Crippen LogP contribution in [0.4, 0.5) is 15.9 Å². The summed E-state index contributed by atoms with van der Waals surface area (Å²) in [6, 6.07) is 4.13. The molecule has 0 aliphatic heterocycles. The smallest absolute Gasteiger partial charge is 0.274 e. The molecule has 30 heavy (non-hydrogen) atoms. The summed E-state index contributed by atoms with van der Waals surface area (Å²) >= 11 is 3.07. The lowest BCUT2D eigenvalue weighted by Crippen LogP contribution is -2.34. The number of hydrogen-bond donors (Lipinski definition) is 5. The zero-order chi connectivity index (χ0) is 22.1. The van der Waals surface area contributed by atoms with Gasteiger partial charge in [-0.2, -0.15) is 0 Å². The Morgan fingerprint density at radius 1 is 1.43 bits per heavy atom. The van der Waals surface area contributed by atoms with Crippen molar-refractivity contribution in [3.8, 4) is 0 Å². The number of oxime groups is 1. The number of rotatable bonds is 10. The Morgan fingerprint density at radius 2 is 2.20 bits per heavy atom. The van der Waals surface area contributed by atoms with E-state index in [1.807, 2.05) is 13.8 Å². The van der Waals surface area contributed by atoms with E-state index < -0.39 is 10.7 Å². The predicted molar refractivity (Wildman–Crippen MR) is 110 cm³/mol. The van der Waals surface area contributed by atoms with Gasteiger partial charge in [-0.15, -0.1) is 0 Å². The Hall–Kier alpha value is -3.42. The second kappa shape index (κ2) is 10.9. The molecule has 0 fully saturated rings. The second-order valence-corrected chi connectivity index (χ2v) is 7.00. The maximum atomic E-state index is 13.4. The largest absolute Gasteiger partial charge is 0.409 e. The van der Waals surface area contributed by atoms with Gasteiger partial charge in [-0.05, 0) is 58.3 Å². The van der Waals surface area contributed by atoms with Gasteiger partial charge in [-0.3, -0.25) is 10.1 Å². The summed E-state index contributed by atoms with van der Waals surface area (Å²) in [5, 5.41) is 42.1. The van der Waals surface area contributed by atoms with Crippen molar-refractivity contribution in [3.63, 3.8) is 0 Å². The number of amidine groups is 1. The van der Waals surface area contributed by atoms with E-state index >= 15 is 0 Å². The number of halogens is 2. The van der Waals surface area contributed by atoms with Gasteiger partial charge in [0.05, 0.1) is 9.40 Å². The van der Waals surface area contributed by atoms with Crippen LogP contribution in [-0.4, -0.2) is 45.4 Å². The minimum atomic E-state index is -0.561. The minimum Gasteiger partial charge on any atom is -0.409 e. The van der Waals surface area contributed by atoms with Crippen LogP contribution in [0.1, 0.15) is 19.5 Å². The van der Waals surface area contributed by atoms with Gasteiger partial charge in [0.15, 0.2) is 11.5 Å². The molecule has 12 nitrogen and oxygen atoms in total. The predicted octanol–water partition coefficient (Wildman–Crippen LogP) is 2.29. The third-order valence-corrected chi connectivity index (χ3v) is 4.01. The molecule has 2 aromatic rings. The summed E-state index contributed by atoms with van der Waals surface area (Å²) in [6.07, 6.45) is 0.838. The molecule has 0 radical (unpaired) electrons. The highest BCUT2D eigenvalue weighted by atomic mass is 79.9. The first-order valence-corrected chi connectivity index (χ1v) is 9.46. The molecule has 162 valence electrons. The first kappa shape index (κ1) is 22.9. The minimum absolute atomic E-state index is 0.00361. The fraction of sp³-hybridized carbons (Fsp3) is 0.312. The third-order valence-electron chi connectivity index (χ3n) is 3.41. The lowest BCUT2D eigenvalue weighted by Gasteiger charge is -2.14. The van der Waals surface area contributed by atoms with E-state index in [9.17, 15) is 19.7 Å². The molecular weight excluding hydrogens is 467 g/mol. The van der Waals surface area contributed by atoms with Gasteiger partial charge in [0.2, 0.25) is 11.7 Å². The van der Waals surface area contributed by atoms with Crippen molar-refractivity contribution >= 4 is 33.3 Å². The molecule has 0 spiro atoms. The molecule has 0 unspecified atom stereocenters. The van der Waals surface area contributed by atoms with Crippen molar-refractivity contribution in [2.45, 2.75) is 19.9 Å². The first-order valence-electron chi connectivity index (χ1n) is 8.66. The quantitative estimate of drug-likeness (QED) is 0.0839. The summed E-state index contributed by atoms with van der Waals surface area (Å²) in [4.78, 5) is 10.1. The molecule has 14 heteroatoms. The normalized spacial score (nSPS) is 12.0. The average molecular weight is 487 g/mol. The molecule has 0 amide bonds. The molecule has 0 bridgehead atoms. The van der Waals surface area contributed by atoms with E-state index in [0.29, 0.717) is 12.2 Å². The van der Waals surface area contributed by atoms with Crippen LogP contribution >= 0.6 is 15.9 Å². The van der Waals surface area contributed by atoms with Crippen molar-refractivity contribution in [1.82, 2.24) is 20.9 Å². The topological polar surface area (TPSA) is 163 Å². The number of hydrogen-bond acceptors (Lipinski definition) is 10. The monoisotopic (exact) mass is 486 g/mol. The molecule has 0 aliphatic carbocycles. The number of nitrogens with one attached hydrogen (secondary N) is 4. The lowest BCUT2D eigenvalue weighted by molar-refractivity contribution is -0.404. The van der Waals surface area contributed by atoms with Crippen LogP contribution in [0.15, 0.2) is 44.5 Å². The van der Waals surface area contributed by atoms with Crippen LogP contribution in [0.2, 0.25) is 0 Å². The average Bonchev–Trinajstić information content (AvgIpc) is 3.13. The molecule has 0 saturated heterocycles. The number of nitro groups is 1. The van der Waals surface area contributed by atoms with Gasteiger partial charge >= 0.3 is 0 Å². The van der Waals surface area contributed by atoms with Crippen LogP contribution in [-0.2, 0) is 0 Å². The van der Waals surface area contributed by atoms with Crippen LogP contribution in [0.5, 0.6) is 0 Å². The van der Waals surface area contributed by atoms with Crippen molar-refractivity contribution in [2.24, 2.45) is 5.16 Å². The van der Waals surface area contributed by atoms with Gasteiger partial charge in [0.25, 0.3) is 6.20 Å². The number of aromatic nitrogens is 2. The number of nitrogens with zero attached hydrogens (tertiary/aromatic N) is 4. The molecule has 5 N–H and O–H groups in total. The van der Waals surface area contributed by atoms with Gasteiger partial charge < -0.3 is 26.5 Å². The zero-order valence-corrected chi connectivity index (χ0v) is 17.6. The Kier molecular flexibility index (Phi) is 8.34. The lowest BCUT2D eigenvalue weighted by atomic mass is 10.3. The van der Waals surface area contributed by atoms with E-state index in [1.54, 1.807) is 0 Å². The summed E-state index contributed by atoms with van der Waals surface area (Å²) < 4.78 is 18.3. The first-order chi connectivity index (χ1) is 14.3. The van der Waals surface area contributed by atoms with Crippen molar-refractivity contribution in [1.29, 1.82) is 0 Å². The van der Waals surface area contributed by atoms with Crippen LogP contribution in [0.3, 0.4) is 0 Å². The van der Waals surface area contributed by atoms with Gasteiger partial charge in [-0.25, -0.2) is 9.02 Å². The fourth-order valence-corrected chi connectivity index (χ4v) is 2.61. The summed E-state index contributed by atoms with van der Waals surface area (Å²) in [5.41, 5.74) is 0.514. The zero-order valence-electron chi connectivity index (χ0n) is 16.0. The highest BCUT2D eigenvalue weighted by molar-refractivity contribution is 9.10. The second-order valence-electron chi connectivity index (χ2n) is 6.14. The molecule has 1 heterocycles. The van der Waals surface area contributed by atoms with Crippen molar-refractivity contribution < 1.29 is 19.2 Å². The molecule has 0 aliphatic rings. The highest BCUT2D eigenvalue weighted by Gasteiger charge is 2.18. The standard InChI is InChI=1S/C16H20BrFN8O4/c1-9(2)21-13(8-26(28)29)19-5-6-20-15-14(24-30-25-15)16(23-27)22-10-3-4-12(18)11(17)7-10/h3-4,7-9,19,21,27H,5-6H2,1-2H3,(H,20,25)(H,22,23). The summed E-state index contributed by atoms with van der Waals surface area (Å²) in [6.45, 7) is 4.29. The maximum Gasteiger partial charge on any atom is 0.274 e. The van der Waals surface area contributed by atoms with Gasteiger partial charge in [0, 0.05) is 24.8 Å². The van der Waals surface area contributed by atoms with E-state index in [-0.39, 0.29) is 40.2 Å². The Balaban J connectivity index is 1.98. The maximum absolute atomic E-state index is 13.4. The highest BCUT2D eigenvalue weighted by Crippen LogP contribution is 2.21. The van der Waals surface area contributed by atoms with Crippen molar-refractivity contribution in [3.05, 3.63) is 56.3 Å².